The molecular formula is C20H15F3N2O5. The maximum absolute atomic E-state index is 12.9. The van der Waals surface area contributed by atoms with E-state index in [1.165, 1.54) is 18.2 Å². The zero-order valence-corrected chi connectivity index (χ0v) is 15.8. The molecule has 0 aliphatic heterocycles. The van der Waals surface area contributed by atoms with Crippen LogP contribution in [0.4, 0.5) is 13.2 Å². The lowest BCUT2D eigenvalue weighted by molar-refractivity contribution is -0.274. The predicted molar refractivity (Wildman–Crippen MR) is 98.4 cm³/mol. The van der Waals surface area contributed by atoms with Gasteiger partial charge in [0.05, 0.1) is 19.9 Å². The van der Waals surface area contributed by atoms with Crippen molar-refractivity contribution >= 4 is 11.9 Å². The van der Waals surface area contributed by atoms with Crippen LogP contribution >= 0.6 is 0 Å². The van der Waals surface area contributed by atoms with E-state index < -0.39 is 24.1 Å². The summed E-state index contributed by atoms with van der Waals surface area (Å²) < 4.78 is 53.4. The SMILES string of the molecule is COC(=O)c1c(-c2ccccc2OC(F)(F)F)nn(-c2ccccc2)c1C(=O)OC. The minimum atomic E-state index is -4.98. The van der Waals surface area contributed by atoms with Gasteiger partial charge in [-0.25, -0.2) is 14.3 Å². The lowest BCUT2D eigenvalue weighted by Gasteiger charge is -2.12. The Kier molecular flexibility index (Phi) is 5.77. The van der Waals surface area contributed by atoms with Gasteiger partial charge >= 0.3 is 18.3 Å². The Bertz CT molecular complexity index is 1080. The molecular weight excluding hydrogens is 405 g/mol. The van der Waals surface area contributed by atoms with Gasteiger partial charge < -0.3 is 14.2 Å². The van der Waals surface area contributed by atoms with Crippen molar-refractivity contribution in [1.29, 1.82) is 0 Å². The molecule has 156 valence electrons. The second-order valence-electron chi connectivity index (χ2n) is 5.85. The Morgan fingerprint density at radius 1 is 0.900 bits per heavy atom. The van der Waals surface area contributed by atoms with Gasteiger partial charge in [0.2, 0.25) is 0 Å². The summed E-state index contributed by atoms with van der Waals surface area (Å²) in [7, 11) is 2.18. The van der Waals surface area contributed by atoms with Crippen molar-refractivity contribution in [2.45, 2.75) is 6.36 Å². The Balaban J connectivity index is 2.35. The molecule has 0 amide bonds. The van der Waals surface area contributed by atoms with Crippen LogP contribution in [0.5, 0.6) is 5.75 Å². The smallest absolute Gasteiger partial charge is 0.465 e. The van der Waals surface area contributed by atoms with Crippen molar-refractivity contribution in [3.63, 3.8) is 0 Å². The molecule has 7 nitrogen and oxygen atoms in total. The molecule has 0 saturated heterocycles. The van der Waals surface area contributed by atoms with Gasteiger partial charge in [-0.05, 0) is 24.3 Å². The monoisotopic (exact) mass is 420 g/mol. The van der Waals surface area contributed by atoms with Crippen LogP contribution in [0.2, 0.25) is 0 Å². The average molecular weight is 420 g/mol. The summed E-state index contributed by atoms with van der Waals surface area (Å²) in [5.41, 5.74) is -0.664. The first-order valence-electron chi connectivity index (χ1n) is 8.47. The lowest BCUT2D eigenvalue weighted by Crippen LogP contribution is -2.18. The number of hydrogen-bond donors (Lipinski definition) is 0. The van der Waals surface area contributed by atoms with Crippen molar-refractivity contribution < 1.29 is 37.0 Å². The van der Waals surface area contributed by atoms with Crippen LogP contribution < -0.4 is 4.74 Å². The minimum Gasteiger partial charge on any atom is -0.465 e. The van der Waals surface area contributed by atoms with Gasteiger partial charge in [0.15, 0.2) is 5.69 Å². The second kappa shape index (κ2) is 8.27. The Labute approximate surface area is 168 Å². The first kappa shape index (κ1) is 20.9. The molecule has 0 bridgehead atoms. The van der Waals surface area contributed by atoms with Crippen LogP contribution in [0.25, 0.3) is 16.9 Å². The topological polar surface area (TPSA) is 79.7 Å². The van der Waals surface area contributed by atoms with Crippen molar-refractivity contribution in [2.24, 2.45) is 0 Å². The molecule has 0 radical (unpaired) electrons. The van der Waals surface area contributed by atoms with Crippen molar-refractivity contribution in [3.8, 4) is 22.7 Å². The molecule has 1 heterocycles. The van der Waals surface area contributed by atoms with E-state index in [1.54, 1.807) is 30.3 Å². The molecule has 0 aliphatic carbocycles. The van der Waals surface area contributed by atoms with Gasteiger partial charge in [-0.3, -0.25) is 0 Å². The number of alkyl halides is 3. The maximum atomic E-state index is 12.9. The fourth-order valence-corrected chi connectivity index (χ4v) is 2.82. The number of nitrogens with zero attached hydrogens (tertiary/aromatic N) is 2. The zero-order valence-electron chi connectivity index (χ0n) is 15.8. The molecule has 0 spiro atoms. The number of ether oxygens (including phenoxy) is 3. The Hall–Kier alpha value is -3.82. The molecule has 0 saturated carbocycles. The molecule has 1 aromatic heterocycles. The third kappa shape index (κ3) is 4.12. The fraction of sp³-hybridized carbons (Fsp3) is 0.150. The van der Waals surface area contributed by atoms with Crippen LogP contribution in [0.3, 0.4) is 0 Å². The lowest BCUT2D eigenvalue weighted by atomic mass is 10.0. The number of carbonyl (C=O) groups excluding carboxylic acids is 2. The van der Waals surface area contributed by atoms with E-state index in [4.69, 9.17) is 9.47 Å². The fourth-order valence-electron chi connectivity index (χ4n) is 2.82. The summed E-state index contributed by atoms with van der Waals surface area (Å²) in [5, 5.41) is 4.25. The standard InChI is InChI=1S/C20H15F3N2O5/c1-28-18(26)15-16(13-10-6-7-11-14(13)30-20(21,22)23)24-25(17(15)19(27)29-2)12-8-4-3-5-9-12/h3-11H,1-2H3. The molecule has 10 heteroatoms. The van der Waals surface area contributed by atoms with Crippen LogP contribution in [-0.2, 0) is 9.47 Å². The minimum absolute atomic E-state index is 0.157. The summed E-state index contributed by atoms with van der Waals surface area (Å²) >= 11 is 0. The molecule has 0 unspecified atom stereocenters. The van der Waals surface area contributed by atoms with E-state index in [0.717, 1.165) is 25.0 Å². The number of aromatic nitrogens is 2. The van der Waals surface area contributed by atoms with Crippen molar-refractivity contribution in [3.05, 3.63) is 65.9 Å². The number of benzene rings is 2. The highest BCUT2D eigenvalue weighted by Crippen LogP contribution is 2.37. The predicted octanol–water partition coefficient (Wildman–Crippen LogP) is 4.01. The highest BCUT2D eigenvalue weighted by molar-refractivity contribution is 6.07. The van der Waals surface area contributed by atoms with Crippen LogP contribution in [0.1, 0.15) is 20.8 Å². The maximum Gasteiger partial charge on any atom is 0.573 e. The first-order valence-corrected chi connectivity index (χ1v) is 8.47. The van der Waals surface area contributed by atoms with Gasteiger partial charge in [0, 0.05) is 5.56 Å². The third-order valence-corrected chi connectivity index (χ3v) is 4.02. The molecule has 0 atom stereocenters. The molecule has 0 aliphatic rings. The number of carbonyl (C=O) groups is 2. The van der Waals surface area contributed by atoms with Crippen molar-refractivity contribution in [1.82, 2.24) is 9.78 Å². The van der Waals surface area contributed by atoms with Crippen LogP contribution in [0, 0.1) is 0 Å². The quantitative estimate of drug-likeness (QED) is 0.581. The number of rotatable bonds is 5. The Morgan fingerprint density at radius 3 is 2.10 bits per heavy atom. The summed E-state index contributed by atoms with van der Waals surface area (Å²) in [6, 6.07) is 13.4. The van der Waals surface area contributed by atoms with E-state index in [-0.39, 0.29) is 22.5 Å². The Morgan fingerprint density at radius 2 is 1.50 bits per heavy atom. The van der Waals surface area contributed by atoms with Gasteiger partial charge in [-0.15, -0.1) is 13.2 Å². The van der Waals surface area contributed by atoms with E-state index in [9.17, 15) is 22.8 Å². The summed E-state index contributed by atoms with van der Waals surface area (Å²) in [6.07, 6.45) is -4.98. The number of hydrogen-bond acceptors (Lipinski definition) is 6. The molecule has 0 N–H and O–H groups in total. The summed E-state index contributed by atoms with van der Waals surface area (Å²) in [4.78, 5) is 25.0. The first-order chi connectivity index (χ1) is 14.3. The van der Waals surface area contributed by atoms with Crippen molar-refractivity contribution in [2.75, 3.05) is 14.2 Å². The van der Waals surface area contributed by atoms with E-state index in [1.807, 2.05) is 0 Å². The molecule has 3 aromatic rings. The van der Waals surface area contributed by atoms with E-state index in [2.05, 4.69) is 9.84 Å². The molecule has 3 rings (SSSR count). The number of halogens is 3. The van der Waals surface area contributed by atoms with Gasteiger partial charge in [-0.2, -0.15) is 5.10 Å². The normalized spacial score (nSPS) is 11.1. The van der Waals surface area contributed by atoms with Gasteiger partial charge in [-0.1, -0.05) is 30.3 Å². The number of methoxy groups -OCH3 is 2. The van der Waals surface area contributed by atoms with Gasteiger partial charge in [0.25, 0.3) is 0 Å². The van der Waals surface area contributed by atoms with Gasteiger partial charge in [0.1, 0.15) is 17.0 Å². The number of esters is 2. The van der Waals surface area contributed by atoms with Crippen LogP contribution in [0.15, 0.2) is 54.6 Å². The number of para-hydroxylation sites is 2. The van der Waals surface area contributed by atoms with E-state index >= 15 is 0 Å². The third-order valence-electron chi connectivity index (χ3n) is 4.02. The average Bonchev–Trinajstić information content (AvgIpc) is 3.13. The summed E-state index contributed by atoms with van der Waals surface area (Å²) in [5.74, 6) is -2.49. The zero-order chi connectivity index (χ0) is 21.9. The van der Waals surface area contributed by atoms with E-state index in [0.29, 0.717) is 5.69 Å². The molecule has 2 aromatic carbocycles. The largest absolute Gasteiger partial charge is 0.573 e. The highest BCUT2D eigenvalue weighted by Gasteiger charge is 2.35. The second-order valence-corrected chi connectivity index (χ2v) is 5.85. The highest BCUT2D eigenvalue weighted by atomic mass is 19.4. The van der Waals surface area contributed by atoms with Crippen LogP contribution in [-0.4, -0.2) is 42.3 Å². The molecule has 30 heavy (non-hydrogen) atoms. The summed E-state index contributed by atoms with van der Waals surface area (Å²) in [6.45, 7) is 0. The molecule has 0 fully saturated rings.